The summed E-state index contributed by atoms with van der Waals surface area (Å²) in [5, 5.41) is 1.12. The summed E-state index contributed by atoms with van der Waals surface area (Å²) in [5.74, 6) is 1.10. The van der Waals surface area contributed by atoms with Crippen LogP contribution in [0.2, 0.25) is 0 Å². The van der Waals surface area contributed by atoms with Gasteiger partial charge in [-0.15, -0.1) is 0 Å². The monoisotopic (exact) mass is 261 g/mol. The van der Waals surface area contributed by atoms with Gasteiger partial charge in [0.05, 0.1) is 11.2 Å². The molecule has 0 saturated heterocycles. The van der Waals surface area contributed by atoms with Crippen LogP contribution in [0.3, 0.4) is 0 Å². The van der Waals surface area contributed by atoms with Crippen molar-refractivity contribution in [1.29, 1.82) is 0 Å². The van der Waals surface area contributed by atoms with Crippen LogP contribution in [0.4, 0.5) is 11.4 Å². The van der Waals surface area contributed by atoms with Crippen LogP contribution in [0.25, 0.3) is 10.9 Å². The Balaban J connectivity index is 2.48. The molecule has 2 N–H and O–H groups in total. The molecule has 0 spiro atoms. The van der Waals surface area contributed by atoms with Crippen LogP contribution in [0.1, 0.15) is 6.92 Å². The van der Waals surface area contributed by atoms with Crippen LogP contribution in [0.5, 0.6) is 0 Å². The highest BCUT2D eigenvalue weighted by Crippen LogP contribution is 2.29. The number of nitrogen functional groups attached to an aromatic ring is 1. The molecule has 2 rings (SSSR count). The third-order valence-corrected chi connectivity index (χ3v) is 4.04. The van der Waals surface area contributed by atoms with E-state index < -0.39 is 0 Å². The number of aromatic nitrogens is 1. The second-order valence-electron chi connectivity index (χ2n) is 4.49. The average Bonchev–Trinajstić information content (AvgIpc) is 2.38. The largest absolute Gasteiger partial charge is 0.397 e. The average molecular weight is 261 g/mol. The van der Waals surface area contributed by atoms with Gasteiger partial charge in [0.15, 0.2) is 0 Å². The van der Waals surface area contributed by atoms with E-state index in [1.54, 1.807) is 0 Å². The summed E-state index contributed by atoms with van der Waals surface area (Å²) in [6.07, 6.45) is 3.96. The quantitative estimate of drug-likeness (QED) is 0.859. The molecular formula is C14H19N3S. The summed E-state index contributed by atoms with van der Waals surface area (Å²) < 4.78 is 0. The normalized spacial score (nSPS) is 12.6. The van der Waals surface area contributed by atoms with Gasteiger partial charge in [0.2, 0.25) is 0 Å². The number of nitrogens with two attached hydrogens (primary N) is 1. The molecule has 1 heterocycles. The van der Waals surface area contributed by atoms with Crippen LogP contribution in [0.15, 0.2) is 30.5 Å². The van der Waals surface area contributed by atoms with Crippen LogP contribution in [0, 0.1) is 0 Å². The molecule has 0 aliphatic heterocycles. The van der Waals surface area contributed by atoms with Gasteiger partial charge in [-0.2, -0.15) is 11.8 Å². The van der Waals surface area contributed by atoms with Gasteiger partial charge in [0, 0.05) is 36.1 Å². The highest BCUT2D eigenvalue weighted by atomic mass is 32.2. The van der Waals surface area contributed by atoms with Gasteiger partial charge in [0.25, 0.3) is 0 Å². The van der Waals surface area contributed by atoms with Crippen molar-refractivity contribution in [1.82, 2.24) is 4.98 Å². The maximum absolute atomic E-state index is 5.97. The summed E-state index contributed by atoms with van der Waals surface area (Å²) in [5.41, 5.74) is 8.79. The fourth-order valence-electron chi connectivity index (χ4n) is 2.08. The number of pyridine rings is 1. The molecule has 18 heavy (non-hydrogen) atoms. The van der Waals surface area contributed by atoms with E-state index in [0.29, 0.717) is 6.04 Å². The van der Waals surface area contributed by atoms with E-state index in [4.69, 9.17) is 5.73 Å². The van der Waals surface area contributed by atoms with E-state index >= 15 is 0 Å². The van der Waals surface area contributed by atoms with Gasteiger partial charge >= 0.3 is 0 Å². The van der Waals surface area contributed by atoms with Gasteiger partial charge in [-0.25, -0.2) is 0 Å². The number of hydrogen-bond acceptors (Lipinski definition) is 4. The Bertz CT molecular complexity index is 542. The molecule has 0 aliphatic carbocycles. The number of anilines is 2. The standard InChI is InChI=1S/C14H19N3S/c1-10(9-18-3)17(2)13-7-8-16-14-11(13)5-4-6-12(14)15/h4-8,10H,9,15H2,1-3H3. The summed E-state index contributed by atoms with van der Waals surface area (Å²) >= 11 is 1.86. The minimum absolute atomic E-state index is 0.479. The van der Waals surface area contributed by atoms with Crippen molar-refractivity contribution in [3.63, 3.8) is 0 Å². The Labute approximate surface area is 112 Å². The van der Waals surface area contributed by atoms with E-state index in [-0.39, 0.29) is 0 Å². The lowest BCUT2D eigenvalue weighted by Gasteiger charge is -2.27. The van der Waals surface area contributed by atoms with Crippen molar-refractivity contribution in [3.05, 3.63) is 30.5 Å². The smallest absolute Gasteiger partial charge is 0.0951 e. The Morgan fingerprint density at radius 3 is 2.89 bits per heavy atom. The molecule has 1 atom stereocenters. The Kier molecular flexibility index (Phi) is 3.97. The molecular weight excluding hydrogens is 242 g/mol. The highest BCUT2D eigenvalue weighted by Gasteiger charge is 2.13. The van der Waals surface area contributed by atoms with Crippen molar-refractivity contribution in [2.24, 2.45) is 0 Å². The Morgan fingerprint density at radius 1 is 1.39 bits per heavy atom. The summed E-state index contributed by atoms with van der Waals surface area (Å²) in [6.45, 7) is 2.23. The third-order valence-electron chi connectivity index (χ3n) is 3.23. The molecule has 0 bridgehead atoms. The molecule has 0 radical (unpaired) electrons. The molecule has 0 aliphatic rings. The third kappa shape index (κ3) is 2.38. The molecule has 1 aromatic carbocycles. The second kappa shape index (κ2) is 5.48. The Hall–Kier alpha value is -1.42. The minimum Gasteiger partial charge on any atom is -0.397 e. The van der Waals surface area contributed by atoms with Crippen LogP contribution in [-0.4, -0.2) is 30.1 Å². The topological polar surface area (TPSA) is 42.2 Å². The molecule has 0 saturated carbocycles. The van der Waals surface area contributed by atoms with E-state index in [1.807, 2.05) is 30.1 Å². The Morgan fingerprint density at radius 2 is 2.17 bits per heavy atom. The molecule has 2 aromatic rings. The first-order chi connectivity index (χ1) is 8.65. The highest BCUT2D eigenvalue weighted by molar-refractivity contribution is 7.98. The zero-order chi connectivity index (χ0) is 13.1. The summed E-state index contributed by atoms with van der Waals surface area (Å²) in [4.78, 5) is 6.66. The first-order valence-corrected chi connectivity index (χ1v) is 7.39. The molecule has 4 heteroatoms. The van der Waals surface area contributed by atoms with Gasteiger partial charge in [-0.05, 0) is 25.3 Å². The van der Waals surface area contributed by atoms with Gasteiger partial charge in [0.1, 0.15) is 0 Å². The lowest BCUT2D eigenvalue weighted by molar-refractivity contribution is 0.768. The second-order valence-corrected chi connectivity index (χ2v) is 5.40. The van der Waals surface area contributed by atoms with E-state index in [9.17, 15) is 0 Å². The number of para-hydroxylation sites is 1. The number of rotatable bonds is 4. The van der Waals surface area contributed by atoms with E-state index in [0.717, 1.165) is 22.3 Å². The number of hydrogen-bond donors (Lipinski definition) is 1. The van der Waals surface area contributed by atoms with Crippen molar-refractivity contribution < 1.29 is 0 Å². The van der Waals surface area contributed by atoms with Crippen LogP contribution >= 0.6 is 11.8 Å². The predicted molar refractivity (Wildman–Crippen MR) is 82.4 cm³/mol. The van der Waals surface area contributed by atoms with E-state index in [1.165, 1.54) is 5.69 Å². The van der Waals surface area contributed by atoms with Crippen molar-refractivity contribution >= 4 is 34.0 Å². The molecule has 1 aromatic heterocycles. The maximum atomic E-state index is 5.97. The minimum atomic E-state index is 0.479. The van der Waals surface area contributed by atoms with Gasteiger partial charge < -0.3 is 10.6 Å². The molecule has 3 nitrogen and oxygen atoms in total. The zero-order valence-electron chi connectivity index (χ0n) is 11.1. The zero-order valence-corrected chi connectivity index (χ0v) is 11.9. The number of thioether (sulfide) groups is 1. The van der Waals surface area contributed by atoms with Crippen LogP contribution in [-0.2, 0) is 0 Å². The first-order valence-electron chi connectivity index (χ1n) is 6.00. The van der Waals surface area contributed by atoms with Crippen molar-refractivity contribution in [2.45, 2.75) is 13.0 Å². The fraction of sp³-hybridized carbons (Fsp3) is 0.357. The van der Waals surface area contributed by atoms with Gasteiger partial charge in [-0.3, -0.25) is 4.98 Å². The van der Waals surface area contributed by atoms with Crippen molar-refractivity contribution in [3.8, 4) is 0 Å². The first kappa shape index (κ1) is 13.0. The van der Waals surface area contributed by atoms with Gasteiger partial charge in [-0.1, -0.05) is 12.1 Å². The molecule has 0 fully saturated rings. The predicted octanol–water partition coefficient (Wildman–Crippen LogP) is 3.00. The molecule has 0 amide bonds. The number of fused-ring (bicyclic) bond motifs is 1. The van der Waals surface area contributed by atoms with E-state index in [2.05, 4.69) is 42.2 Å². The lowest BCUT2D eigenvalue weighted by Crippen LogP contribution is -2.30. The summed E-state index contributed by atoms with van der Waals surface area (Å²) in [6, 6.07) is 8.49. The summed E-state index contributed by atoms with van der Waals surface area (Å²) in [7, 11) is 2.12. The maximum Gasteiger partial charge on any atom is 0.0951 e. The SMILES string of the molecule is CSCC(C)N(C)c1ccnc2c(N)cccc12. The number of nitrogens with zero attached hydrogens (tertiary/aromatic N) is 2. The molecule has 96 valence electrons. The molecule has 1 unspecified atom stereocenters. The van der Waals surface area contributed by atoms with Crippen LogP contribution < -0.4 is 10.6 Å². The van der Waals surface area contributed by atoms with Crippen molar-refractivity contribution in [2.75, 3.05) is 29.7 Å². The number of benzene rings is 1. The lowest BCUT2D eigenvalue weighted by atomic mass is 10.1. The fourth-order valence-corrected chi connectivity index (χ4v) is 2.79.